The standard InChI is InChI=1S/C28H27N3O5/c32-25(19-29-26(33)23-7-4-18-35-23)30-15-12-28(13-16-30)14-17-31(20-28)27(34)24-11-10-22(36-24)9-8-21-5-2-1-3-6-21/h1-7,10-11,18H,12-17,19-20H2,(H,29,33). The molecular formula is C28H27N3O5. The molecular weight excluding hydrogens is 458 g/mol. The molecule has 5 rings (SSSR count). The first-order valence-electron chi connectivity index (χ1n) is 12.1. The third-order valence-electron chi connectivity index (χ3n) is 6.97. The van der Waals surface area contributed by atoms with Gasteiger partial charge in [0, 0.05) is 31.7 Å². The molecule has 3 amide bonds. The van der Waals surface area contributed by atoms with Crippen LogP contribution in [-0.2, 0) is 4.79 Å². The molecule has 1 N–H and O–H groups in total. The topological polar surface area (TPSA) is 96.0 Å². The molecule has 3 aromatic rings. The van der Waals surface area contributed by atoms with Gasteiger partial charge >= 0.3 is 0 Å². The number of likely N-dealkylation sites (tertiary alicyclic amines) is 2. The van der Waals surface area contributed by atoms with Gasteiger partial charge in [-0.05, 0) is 67.0 Å². The van der Waals surface area contributed by atoms with E-state index in [1.165, 1.54) is 6.26 Å². The molecule has 0 unspecified atom stereocenters. The number of nitrogens with one attached hydrogen (secondary N) is 1. The van der Waals surface area contributed by atoms with Crippen molar-refractivity contribution in [1.82, 2.24) is 15.1 Å². The van der Waals surface area contributed by atoms with Gasteiger partial charge in [-0.2, -0.15) is 0 Å². The Balaban J connectivity index is 1.11. The molecule has 8 nitrogen and oxygen atoms in total. The Kier molecular flexibility index (Phi) is 6.63. The summed E-state index contributed by atoms with van der Waals surface area (Å²) in [7, 11) is 0. The maximum atomic E-state index is 13.1. The first kappa shape index (κ1) is 23.5. The van der Waals surface area contributed by atoms with E-state index in [9.17, 15) is 14.4 Å². The van der Waals surface area contributed by atoms with Gasteiger partial charge in [0.1, 0.15) is 0 Å². The lowest BCUT2D eigenvalue weighted by atomic mass is 9.78. The molecule has 0 atom stereocenters. The van der Waals surface area contributed by atoms with Gasteiger partial charge in [0.05, 0.1) is 12.8 Å². The zero-order valence-corrected chi connectivity index (χ0v) is 19.9. The zero-order valence-electron chi connectivity index (χ0n) is 19.9. The fraction of sp³-hybridized carbons (Fsp3) is 0.321. The summed E-state index contributed by atoms with van der Waals surface area (Å²) in [6.45, 7) is 2.46. The van der Waals surface area contributed by atoms with Gasteiger partial charge in [0.2, 0.25) is 5.91 Å². The van der Waals surface area contributed by atoms with Gasteiger partial charge in [-0.3, -0.25) is 14.4 Å². The highest BCUT2D eigenvalue weighted by atomic mass is 16.4. The predicted molar refractivity (Wildman–Crippen MR) is 131 cm³/mol. The van der Waals surface area contributed by atoms with Gasteiger partial charge in [0.25, 0.3) is 11.8 Å². The van der Waals surface area contributed by atoms with Crippen LogP contribution in [0.1, 0.15) is 51.7 Å². The highest BCUT2D eigenvalue weighted by Gasteiger charge is 2.43. The molecule has 2 fully saturated rings. The second-order valence-electron chi connectivity index (χ2n) is 9.30. The number of rotatable bonds is 4. The monoisotopic (exact) mass is 485 g/mol. The summed E-state index contributed by atoms with van der Waals surface area (Å²) in [6, 6.07) is 16.2. The Labute approximate surface area is 209 Å². The molecule has 2 aliphatic heterocycles. The Morgan fingerprint density at radius 2 is 1.61 bits per heavy atom. The quantitative estimate of drug-likeness (QED) is 0.573. The lowest BCUT2D eigenvalue weighted by molar-refractivity contribution is -0.132. The van der Waals surface area contributed by atoms with Gasteiger partial charge in [-0.15, -0.1) is 0 Å². The molecule has 0 aliphatic carbocycles. The third-order valence-corrected chi connectivity index (χ3v) is 6.97. The number of furan rings is 2. The third kappa shape index (κ3) is 5.20. The van der Waals surface area contributed by atoms with E-state index in [0.717, 1.165) is 24.8 Å². The number of carbonyl (C=O) groups is 3. The first-order valence-corrected chi connectivity index (χ1v) is 12.1. The molecule has 2 saturated heterocycles. The van der Waals surface area contributed by atoms with Crippen LogP contribution in [0.25, 0.3) is 0 Å². The van der Waals surface area contributed by atoms with E-state index >= 15 is 0 Å². The van der Waals surface area contributed by atoms with Crippen molar-refractivity contribution in [2.45, 2.75) is 19.3 Å². The Hall–Kier alpha value is -4.25. The lowest BCUT2D eigenvalue weighted by Gasteiger charge is -2.39. The Morgan fingerprint density at radius 3 is 2.33 bits per heavy atom. The summed E-state index contributed by atoms with van der Waals surface area (Å²) >= 11 is 0. The van der Waals surface area contributed by atoms with E-state index in [4.69, 9.17) is 8.83 Å². The predicted octanol–water partition coefficient (Wildman–Crippen LogP) is 3.16. The van der Waals surface area contributed by atoms with Gasteiger partial charge in [0.15, 0.2) is 17.3 Å². The normalized spacial score (nSPS) is 16.4. The number of hydrogen-bond donors (Lipinski definition) is 1. The number of carbonyl (C=O) groups excluding carboxylic acids is 3. The van der Waals surface area contributed by atoms with Crippen molar-refractivity contribution in [3.8, 4) is 11.8 Å². The summed E-state index contributed by atoms with van der Waals surface area (Å²) < 4.78 is 10.8. The van der Waals surface area contributed by atoms with Crippen LogP contribution in [0, 0.1) is 17.3 Å². The van der Waals surface area contributed by atoms with Crippen LogP contribution in [0.15, 0.2) is 69.7 Å². The van der Waals surface area contributed by atoms with Crippen LogP contribution in [0.2, 0.25) is 0 Å². The van der Waals surface area contributed by atoms with Crippen molar-refractivity contribution in [2.75, 3.05) is 32.7 Å². The van der Waals surface area contributed by atoms with E-state index in [2.05, 4.69) is 17.2 Å². The minimum absolute atomic E-state index is 0.00634. The molecule has 2 aliphatic rings. The van der Waals surface area contributed by atoms with Gasteiger partial charge in [-0.1, -0.05) is 24.1 Å². The summed E-state index contributed by atoms with van der Waals surface area (Å²) in [4.78, 5) is 41.2. The highest BCUT2D eigenvalue weighted by Crippen LogP contribution is 2.40. The van der Waals surface area contributed by atoms with Crippen LogP contribution < -0.4 is 5.32 Å². The van der Waals surface area contributed by atoms with Crippen molar-refractivity contribution in [3.05, 3.63) is 83.7 Å². The van der Waals surface area contributed by atoms with Gasteiger partial charge < -0.3 is 24.0 Å². The molecule has 8 heteroatoms. The molecule has 0 saturated carbocycles. The maximum Gasteiger partial charge on any atom is 0.289 e. The molecule has 0 bridgehead atoms. The van der Waals surface area contributed by atoms with E-state index < -0.39 is 5.91 Å². The zero-order chi connectivity index (χ0) is 25.0. The average molecular weight is 486 g/mol. The summed E-state index contributed by atoms with van der Waals surface area (Å²) in [5, 5.41) is 2.61. The number of piperidine rings is 1. The smallest absolute Gasteiger partial charge is 0.289 e. The largest absolute Gasteiger partial charge is 0.459 e. The molecule has 36 heavy (non-hydrogen) atoms. The molecule has 4 heterocycles. The second kappa shape index (κ2) is 10.2. The maximum absolute atomic E-state index is 13.1. The summed E-state index contributed by atoms with van der Waals surface area (Å²) in [5.41, 5.74) is 0.889. The van der Waals surface area contributed by atoms with Crippen LogP contribution in [0.5, 0.6) is 0 Å². The molecule has 0 radical (unpaired) electrons. The number of nitrogens with zero attached hydrogens (tertiary/aromatic N) is 2. The molecule has 1 aromatic carbocycles. The van der Waals surface area contributed by atoms with Crippen molar-refractivity contribution in [2.24, 2.45) is 5.41 Å². The molecule has 2 aromatic heterocycles. The van der Waals surface area contributed by atoms with Crippen LogP contribution in [0.3, 0.4) is 0 Å². The summed E-state index contributed by atoms with van der Waals surface area (Å²) in [5.74, 6) is 6.30. The molecule has 184 valence electrons. The van der Waals surface area contributed by atoms with Crippen LogP contribution in [-0.4, -0.2) is 60.2 Å². The summed E-state index contributed by atoms with van der Waals surface area (Å²) in [6.07, 6.45) is 3.96. The molecule has 1 spiro atoms. The Morgan fingerprint density at radius 1 is 0.861 bits per heavy atom. The first-order chi connectivity index (χ1) is 17.5. The average Bonchev–Trinajstić information content (AvgIpc) is 3.68. The Bertz CT molecular complexity index is 1290. The van der Waals surface area contributed by atoms with E-state index in [1.54, 1.807) is 29.2 Å². The number of hydrogen-bond acceptors (Lipinski definition) is 5. The van der Waals surface area contributed by atoms with Crippen molar-refractivity contribution >= 4 is 17.7 Å². The van der Waals surface area contributed by atoms with Crippen molar-refractivity contribution in [1.29, 1.82) is 0 Å². The van der Waals surface area contributed by atoms with Gasteiger partial charge in [-0.25, -0.2) is 0 Å². The fourth-order valence-electron chi connectivity index (χ4n) is 4.84. The van der Waals surface area contributed by atoms with E-state index in [0.29, 0.717) is 37.7 Å². The minimum Gasteiger partial charge on any atom is -0.459 e. The SMILES string of the molecule is O=C(NCC(=O)N1CCC2(CC1)CCN(C(=O)c1ccc(C#Cc3ccccc3)o1)C2)c1ccco1. The lowest BCUT2D eigenvalue weighted by Crippen LogP contribution is -2.47. The highest BCUT2D eigenvalue weighted by molar-refractivity contribution is 5.94. The van der Waals surface area contributed by atoms with Crippen LogP contribution >= 0.6 is 0 Å². The van der Waals surface area contributed by atoms with Crippen molar-refractivity contribution in [3.63, 3.8) is 0 Å². The van der Waals surface area contributed by atoms with E-state index in [-0.39, 0.29) is 29.5 Å². The minimum atomic E-state index is -0.404. The number of amides is 3. The fourth-order valence-corrected chi connectivity index (χ4v) is 4.84. The van der Waals surface area contributed by atoms with Crippen LogP contribution in [0.4, 0.5) is 0 Å². The van der Waals surface area contributed by atoms with E-state index in [1.807, 2.05) is 35.2 Å². The van der Waals surface area contributed by atoms with Crippen molar-refractivity contribution < 1.29 is 23.2 Å². The number of benzene rings is 1. The second-order valence-corrected chi connectivity index (χ2v) is 9.30.